The van der Waals surface area contributed by atoms with Gasteiger partial charge >= 0.3 is 5.97 Å². The Balaban J connectivity index is 2.18. The zero-order valence-corrected chi connectivity index (χ0v) is 11.7. The fourth-order valence-corrected chi connectivity index (χ4v) is 2.76. The van der Waals surface area contributed by atoms with E-state index in [1.54, 1.807) is 0 Å². The highest BCUT2D eigenvalue weighted by Crippen LogP contribution is 2.38. The van der Waals surface area contributed by atoms with Crippen molar-refractivity contribution in [3.05, 3.63) is 36.0 Å². The largest absolute Gasteiger partial charge is 0.478 e. The normalized spacial score (nSPS) is 16.1. The smallest absolute Gasteiger partial charge is 0.339 e. The number of pyridine rings is 1. The fourth-order valence-electron chi connectivity index (χ4n) is 2.76. The van der Waals surface area contributed by atoms with Crippen LogP contribution in [0.5, 0.6) is 0 Å². The lowest BCUT2D eigenvalue weighted by Gasteiger charge is -2.29. The van der Waals surface area contributed by atoms with Crippen molar-refractivity contribution in [1.29, 1.82) is 0 Å². The fraction of sp³-hybridized carbons (Fsp3) is 0.375. The van der Waals surface area contributed by atoms with Crippen LogP contribution in [0.15, 0.2) is 30.5 Å². The van der Waals surface area contributed by atoms with Crippen LogP contribution in [-0.2, 0) is 0 Å². The maximum Gasteiger partial charge on any atom is 0.339 e. The summed E-state index contributed by atoms with van der Waals surface area (Å²) in [5.74, 6) is -0.248. The number of hydrogen-bond donors (Lipinski definition) is 1. The Morgan fingerprint density at radius 2 is 2.10 bits per heavy atom. The minimum Gasteiger partial charge on any atom is -0.478 e. The highest BCUT2D eigenvalue weighted by Gasteiger charge is 2.32. The first-order valence-electron chi connectivity index (χ1n) is 6.93. The van der Waals surface area contributed by atoms with E-state index in [-0.39, 0.29) is 5.56 Å². The molecule has 0 aliphatic heterocycles. The average molecular weight is 270 g/mol. The Morgan fingerprint density at radius 1 is 1.40 bits per heavy atom. The second kappa shape index (κ2) is 4.78. The topological polar surface area (TPSA) is 53.4 Å². The van der Waals surface area contributed by atoms with Gasteiger partial charge in [0.25, 0.3) is 0 Å². The Hall–Kier alpha value is -2.10. The van der Waals surface area contributed by atoms with Crippen LogP contribution >= 0.6 is 0 Å². The number of nitrogens with zero attached hydrogens (tertiary/aromatic N) is 2. The van der Waals surface area contributed by atoms with Gasteiger partial charge in [-0.15, -0.1) is 0 Å². The first kappa shape index (κ1) is 12.9. The third-order valence-corrected chi connectivity index (χ3v) is 4.25. The van der Waals surface area contributed by atoms with Crippen LogP contribution in [-0.4, -0.2) is 29.1 Å². The molecule has 0 amide bonds. The first-order valence-corrected chi connectivity index (χ1v) is 6.93. The van der Waals surface area contributed by atoms with Crippen LogP contribution in [0.2, 0.25) is 0 Å². The van der Waals surface area contributed by atoms with Crippen molar-refractivity contribution in [2.24, 2.45) is 5.92 Å². The third-order valence-electron chi connectivity index (χ3n) is 4.25. The molecule has 4 heteroatoms. The van der Waals surface area contributed by atoms with E-state index in [0.29, 0.717) is 12.0 Å². The lowest BCUT2D eigenvalue weighted by molar-refractivity contribution is 0.0697. The van der Waals surface area contributed by atoms with Crippen molar-refractivity contribution in [3.63, 3.8) is 0 Å². The standard InChI is InChI=1S/C16H18N2O2/c1-10(11-7-8-11)18(2)15-12-5-3-4-6-14(12)17-9-13(15)16(19)20/h3-6,9-11H,7-8H2,1-2H3,(H,19,20). The minimum absolute atomic E-state index is 0.277. The number of fused-ring (bicyclic) bond motifs is 1. The van der Waals surface area contributed by atoms with Crippen molar-refractivity contribution in [1.82, 2.24) is 4.98 Å². The highest BCUT2D eigenvalue weighted by molar-refractivity contribution is 6.04. The highest BCUT2D eigenvalue weighted by atomic mass is 16.4. The molecule has 1 unspecified atom stereocenters. The molecule has 1 fully saturated rings. The van der Waals surface area contributed by atoms with Crippen LogP contribution < -0.4 is 4.90 Å². The van der Waals surface area contributed by atoms with Gasteiger partial charge in [-0.25, -0.2) is 4.79 Å². The molecule has 1 aliphatic carbocycles. The van der Waals surface area contributed by atoms with Gasteiger partial charge in [-0.2, -0.15) is 0 Å². The summed E-state index contributed by atoms with van der Waals surface area (Å²) in [5, 5.41) is 10.3. The molecule has 1 aromatic heterocycles. The summed E-state index contributed by atoms with van der Waals surface area (Å²) in [5.41, 5.74) is 1.89. The molecule has 20 heavy (non-hydrogen) atoms. The van der Waals surface area contributed by atoms with Gasteiger partial charge in [0.15, 0.2) is 0 Å². The zero-order chi connectivity index (χ0) is 14.3. The molecule has 1 aliphatic rings. The van der Waals surface area contributed by atoms with E-state index in [1.807, 2.05) is 31.3 Å². The number of anilines is 1. The van der Waals surface area contributed by atoms with Crippen LogP contribution in [0.3, 0.4) is 0 Å². The molecule has 3 rings (SSSR count). The van der Waals surface area contributed by atoms with Crippen molar-refractivity contribution >= 4 is 22.6 Å². The predicted octanol–water partition coefficient (Wildman–Crippen LogP) is 3.17. The Morgan fingerprint density at radius 3 is 2.75 bits per heavy atom. The molecular formula is C16H18N2O2. The van der Waals surface area contributed by atoms with E-state index in [9.17, 15) is 9.90 Å². The van der Waals surface area contributed by atoms with Gasteiger partial charge in [0.1, 0.15) is 5.56 Å². The predicted molar refractivity (Wildman–Crippen MR) is 79.3 cm³/mol. The third kappa shape index (κ3) is 2.11. The number of rotatable bonds is 4. The molecule has 0 radical (unpaired) electrons. The average Bonchev–Trinajstić information content (AvgIpc) is 3.29. The number of aromatic carboxylic acids is 1. The summed E-state index contributed by atoms with van der Waals surface area (Å²) >= 11 is 0. The second-order valence-electron chi connectivity index (χ2n) is 5.53. The summed E-state index contributed by atoms with van der Waals surface area (Å²) in [6, 6.07) is 8.05. The molecule has 4 nitrogen and oxygen atoms in total. The van der Waals surface area contributed by atoms with Crippen LogP contribution in [0.1, 0.15) is 30.1 Å². The van der Waals surface area contributed by atoms with E-state index in [0.717, 1.165) is 16.6 Å². The first-order chi connectivity index (χ1) is 9.59. The molecule has 1 heterocycles. The number of carboxylic acids is 1. The van der Waals surface area contributed by atoms with Crippen LogP contribution in [0.4, 0.5) is 5.69 Å². The number of carbonyl (C=O) groups is 1. The molecule has 0 saturated heterocycles. The Kier molecular flexibility index (Phi) is 3.08. The number of benzene rings is 1. The summed E-state index contributed by atoms with van der Waals surface area (Å²) in [6.45, 7) is 2.17. The van der Waals surface area contributed by atoms with Crippen LogP contribution in [0, 0.1) is 5.92 Å². The Bertz CT molecular complexity index is 665. The Labute approximate surface area is 118 Å². The minimum atomic E-state index is -0.923. The van der Waals surface area contributed by atoms with Gasteiger partial charge in [0.05, 0.1) is 11.2 Å². The van der Waals surface area contributed by atoms with Crippen molar-refractivity contribution in [2.45, 2.75) is 25.8 Å². The molecule has 1 atom stereocenters. The molecule has 0 spiro atoms. The number of aromatic nitrogens is 1. The van der Waals surface area contributed by atoms with Crippen molar-refractivity contribution in [2.75, 3.05) is 11.9 Å². The molecular weight excluding hydrogens is 252 g/mol. The van der Waals surface area contributed by atoms with E-state index in [1.165, 1.54) is 19.0 Å². The lowest BCUT2D eigenvalue weighted by atomic mass is 10.1. The summed E-state index contributed by atoms with van der Waals surface area (Å²) in [6.07, 6.45) is 3.93. The quantitative estimate of drug-likeness (QED) is 0.927. The number of carboxylic acid groups (broad SMARTS) is 1. The maximum atomic E-state index is 11.5. The lowest BCUT2D eigenvalue weighted by Crippen LogP contribution is -2.32. The van der Waals surface area contributed by atoms with Gasteiger partial charge in [0.2, 0.25) is 0 Å². The van der Waals surface area contributed by atoms with Gasteiger partial charge in [-0.05, 0) is 31.7 Å². The van der Waals surface area contributed by atoms with Crippen LogP contribution in [0.25, 0.3) is 10.9 Å². The molecule has 1 N–H and O–H groups in total. The SMILES string of the molecule is CC(C1CC1)N(C)c1c(C(=O)O)cnc2ccccc12. The molecule has 2 aromatic rings. The van der Waals surface area contributed by atoms with Gasteiger partial charge < -0.3 is 10.0 Å². The monoisotopic (exact) mass is 270 g/mol. The number of para-hydroxylation sites is 1. The van der Waals surface area contributed by atoms with E-state index >= 15 is 0 Å². The number of hydrogen-bond acceptors (Lipinski definition) is 3. The van der Waals surface area contributed by atoms with E-state index < -0.39 is 5.97 Å². The molecule has 104 valence electrons. The van der Waals surface area contributed by atoms with Crippen molar-refractivity contribution < 1.29 is 9.90 Å². The second-order valence-corrected chi connectivity index (χ2v) is 5.53. The van der Waals surface area contributed by atoms with Gasteiger partial charge in [0, 0.05) is 24.7 Å². The molecule has 1 saturated carbocycles. The van der Waals surface area contributed by atoms with Gasteiger partial charge in [-0.1, -0.05) is 18.2 Å². The molecule has 1 aromatic carbocycles. The maximum absolute atomic E-state index is 11.5. The summed E-state index contributed by atoms with van der Waals surface area (Å²) < 4.78 is 0. The summed E-state index contributed by atoms with van der Waals surface area (Å²) in [7, 11) is 1.98. The summed E-state index contributed by atoms with van der Waals surface area (Å²) in [4.78, 5) is 17.9. The van der Waals surface area contributed by atoms with E-state index in [2.05, 4.69) is 16.8 Å². The van der Waals surface area contributed by atoms with Crippen molar-refractivity contribution in [3.8, 4) is 0 Å². The molecule has 0 bridgehead atoms. The van der Waals surface area contributed by atoms with E-state index in [4.69, 9.17) is 0 Å². The van der Waals surface area contributed by atoms with Gasteiger partial charge in [-0.3, -0.25) is 4.98 Å². The zero-order valence-electron chi connectivity index (χ0n) is 11.7.